The Morgan fingerprint density at radius 2 is 2.10 bits per heavy atom. The third-order valence-corrected chi connectivity index (χ3v) is 4.76. The molecule has 0 amide bonds. The van der Waals surface area contributed by atoms with Crippen LogP contribution in [0, 0.1) is 5.92 Å². The maximum Gasteiger partial charge on any atom is 0.387 e. The van der Waals surface area contributed by atoms with Crippen LogP contribution in [0.25, 0.3) is 0 Å². The molecule has 1 heterocycles. The summed E-state index contributed by atoms with van der Waals surface area (Å²) in [5.74, 6) is 1.86. The van der Waals surface area contributed by atoms with Gasteiger partial charge in [-0.05, 0) is 57.8 Å². The third-order valence-electron chi connectivity index (χ3n) is 4.76. The van der Waals surface area contributed by atoms with Crippen molar-refractivity contribution in [2.75, 3.05) is 39.8 Å². The smallest absolute Gasteiger partial charge is 0.387 e. The average molecular weight is 540 g/mol. The molecule has 1 aromatic carbocycles. The number of rotatable bonds is 10. The number of piperidine rings is 1. The molecule has 0 bridgehead atoms. The molecule has 1 atom stereocenters. The minimum Gasteiger partial charge on any atom is -0.493 e. The summed E-state index contributed by atoms with van der Waals surface area (Å²) in [6, 6.07) is 4.99. The Kier molecular flexibility index (Phi) is 13.0. The van der Waals surface area contributed by atoms with Crippen LogP contribution in [-0.4, -0.2) is 57.3 Å². The predicted molar refractivity (Wildman–Crippen MR) is 127 cm³/mol. The van der Waals surface area contributed by atoms with Gasteiger partial charge in [-0.15, -0.1) is 24.0 Å². The van der Waals surface area contributed by atoms with E-state index in [9.17, 15) is 8.78 Å². The second-order valence-electron chi connectivity index (χ2n) is 7.34. The van der Waals surface area contributed by atoms with Crippen molar-refractivity contribution in [2.45, 2.75) is 46.3 Å². The lowest BCUT2D eigenvalue weighted by molar-refractivity contribution is -0.0505. The van der Waals surface area contributed by atoms with Crippen molar-refractivity contribution in [3.8, 4) is 11.5 Å². The minimum absolute atomic E-state index is 0. The van der Waals surface area contributed by atoms with Crippen molar-refractivity contribution < 1.29 is 18.3 Å². The lowest BCUT2D eigenvalue weighted by Gasteiger charge is -2.30. The van der Waals surface area contributed by atoms with E-state index in [-0.39, 0.29) is 36.3 Å². The van der Waals surface area contributed by atoms with Gasteiger partial charge in [-0.1, -0.05) is 6.92 Å². The number of aliphatic imine (C=N–C) groups is 1. The molecule has 1 fully saturated rings. The van der Waals surface area contributed by atoms with Gasteiger partial charge in [0.25, 0.3) is 0 Å². The van der Waals surface area contributed by atoms with Gasteiger partial charge in [0.05, 0.1) is 13.2 Å². The highest BCUT2D eigenvalue weighted by Gasteiger charge is 2.17. The molecule has 1 aromatic rings. The molecule has 1 unspecified atom stereocenters. The molecule has 1 aliphatic rings. The van der Waals surface area contributed by atoms with Gasteiger partial charge in [0.1, 0.15) is 11.5 Å². The van der Waals surface area contributed by atoms with Crippen molar-refractivity contribution in [1.82, 2.24) is 15.5 Å². The Balaban J connectivity index is 0.00000450. The van der Waals surface area contributed by atoms with E-state index in [4.69, 9.17) is 9.47 Å². The summed E-state index contributed by atoms with van der Waals surface area (Å²) >= 11 is 0. The fraction of sp³-hybridized carbons (Fsp3) is 0.667. The van der Waals surface area contributed by atoms with Crippen molar-refractivity contribution >= 4 is 29.9 Å². The van der Waals surface area contributed by atoms with Crippen LogP contribution in [0.1, 0.15) is 38.7 Å². The zero-order chi connectivity index (χ0) is 21.1. The molecule has 2 N–H and O–H groups in total. The fourth-order valence-corrected chi connectivity index (χ4v) is 3.37. The molecule has 1 aliphatic heterocycles. The van der Waals surface area contributed by atoms with Gasteiger partial charge in [-0.2, -0.15) is 8.78 Å². The van der Waals surface area contributed by atoms with Crippen LogP contribution in [0.2, 0.25) is 0 Å². The number of guanidine groups is 1. The number of likely N-dealkylation sites (tertiary alicyclic amines) is 1. The second-order valence-corrected chi connectivity index (χ2v) is 7.34. The molecule has 30 heavy (non-hydrogen) atoms. The summed E-state index contributed by atoms with van der Waals surface area (Å²) in [6.07, 6.45) is 3.24. The Labute approximate surface area is 195 Å². The van der Waals surface area contributed by atoms with E-state index in [0.29, 0.717) is 29.8 Å². The first-order valence-electron chi connectivity index (χ1n) is 10.4. The number of halogens is 3. The maximum atomic E-state index is 12.8. The Morgan fingerprint density at radius 3 is 2.77 bits per heavy atom. The van der Waals surface area contributed by atoms with Crippen LogP contribution in [-0.2, 0) is 6.54 Å². The summed E-state index contributed by atoms with van der Waals surface area (Å²) in [7, 11) is 2.14. The Hall–Kier alpha value is -1.36. The summed E-state index contributed by atoms with van der Waals surface area (Å²) in [6.45, 7) is 5.62. The topological polar surface area (TPSA) is 58.1 Å². The van der Waals surface area contributed by atoms with Crippen LogP contribution in [0.4, 0.5) is 8.78 Å². The van der Waals surface area contributed by atoms with E-state index >= 15 is 0 Å². The first-order valence-corrected chi connectivity index (χ1v) is 10.4. The SMILES string of the molecule is CCCOc1ccc(CN=C(NCC)NCC2CCCN(C)C2)c(OC(F)F)c1.I. The number of nitrogens with zero attached hydrogens (tertiary/aromatic N) is 2. The molecule has 0 radical (unpaired) electrons. The lowest BCUT2D eigenvalue weighted by atomic mass is 9.99. The van der Waals surface area contributed by atoms with E-state index < -0.39 is 6.61 Å². The molecule has 2 rings (SSSR count). The van der Waals surface area contributed by atoms with Gasteiger partial charge in [-0.3, -0.25) is 0 Å². The molecule has 0 spiro atoms. The Morgan fingerprint density at radius 1 is 1.30 bits per heavy atom. The van der Waals surface area contributed by atoms with Crippen LogP contribution < -0.4 is 20.1 Å². The van der Waals surface area contributed by atoms with Gasteiger partial charge in [0, 0.05) is 31.3 Å². The standard InChI is InChI=1S/C21H34F2N4O2.HI/c1-4-11-28-18-9-8-17(19(12-18)29-20(22)23)14-26-21(24-5-2)25-13-16-7-6-10-27(3)15-16;/h8-9,12,16,20H,4-7,10-11,13-15H2,1-3H3,(H2,24,25,26);1H. The van der Waals surface area contributed by atoms with Crippen LogP contribution in [0.5, 0.6) is 11.5 Å². The summed E-state index contributed by atoms with van der Waals surface area (Å²) < 4.78 is 35.9. The van der Waals surface area contributed by atoms with E-state index in [0.717, 1.165) is 32.6 Å². The first-order chi connectivity index (χ1) is 14.0. The quantitative estimate of drug-likeness (QED) is 0.266. The monoisotopic (exact) mass is 540 g/mol. The first kappa shape index (κ1) is 26.7. The van der Waals surface area contributed by atoms with Gasteiger partial charge in [-0.25, -0.2) is 4.99 Å². The van der Waals surface area contributed by atoms with Crippen molar-refractivity contribution in [1.29, 1.82) is 0 Å². The average Bonchev–Trinajstić information content (AvgIpc) is 2.69. The zero-order valence-electron chi connectivity index (χ0n) is 18.1. The molecular formula is C21H35F2IN4O2. The number of hydrogen-bond donors (Lipinski definition) is 2. The van der Waals surface area contributed by atoms with Gasteiger partial charge in [0.15, 0.2) is 5.96 Å². The normalized spacial score (nSPS) is 17.4. The molecule has 172 valence electrons. The molecule has 0 saturated carbocycles. The fourth-order valence-electron chi connectivity index (χ4n) is 3.37. The van der Waals surface area contributed by atoms with Crippen LogP contribution in [0.3, 0.4) is 0 Å². The number of hydrogen-bond acceptors (Lipinski definition) is 4. The summed E-state index contributed by atoms with van der Waals surface area (Å²) in [5.41, 5.74) is 0.587. The molecule has 6 nitrogen and oxygen atoms in total. The number of ether oxygens (including phenoxy) is 2. The Bertz CT molecular complexity index is 649. The van der Waals surface area contributed by atoms with Gasteiger partial charge in [0.2, 0.25) is 0 Å². The van der Waals surface area contributed by atoms with Crippen molar-refractivity contribution in [2.24, 2.45) is 10.9 Å². The van der Waals surface area contributed by atoms with E-state index in [1.54, 1.807) is 12.1 Å². The van der Waals surface area contributed by atoms with Crippen molar-refractivity contribution in [3.63, 3.8) is 0 Å². The summed E-state index contributed by atoms with van der Waals surface area (Å²) in [4.78, 5) is 6.91. The highest BCUT2D eigenvalue weighted by Crippen LogP contribution is 2.27. The maximum absolute atomic E-state index is 12.8. The van der Waals surface area contributed by atoms with Crippen LogP contribution in [0.15, 0.2) is 23.2 Å². The van der Waals surface area contributed by atoms with E-state index in [2.05, 4.69) is 27.6 Å². The molecule has 1 saturated heterocycles. The molecule has 0 aliphatic carbocycles. The van der Waals surface area contributed by atoms with Gasteiger partial charge >= 0.3 is 6.61 Å². The molecular weight excluding hydrogens is 505 g/mol. The lowest BCUT2D eigenvalue weighted by Crippen LogP contribution is -2.43. The number of benzene rings is 1. The summed E-state index contributed by atoms with van der Waals surface area (Å²) in [5, 5.41) is 6.59. The largest absolute Gasteiger partial charge is 0.493 e. The van der Waals surface area contributed by atoms with E-state index in [1.807, 2.05) is 13.8 Å². The van der Waals surface area contributed by atoms with E-state index in [1.165, 1.54) is 18.9 Å². The van der Waals surface area contributed by atoms with Crippen LogP contribution >= 0.6 is 24.0 Å². The third kappa shape index (κ3) is 9.63. The predicted octanol–water partition coefficient (Wildman–Crippen LogP) is 4.09. The highest BCUT2D eigenvalue weighted by atomic mass is 127. The minimum atomic E-state index is -2.89. The number of alkyl halides is 2. The molecule has 9 heteroatoms. The number of nitrogens with one attached hydrogen (secondary N) is 2. The molecule has 0 aromatic heterocycles. The van der Waals surface area contributed by atoms with Gasteiger partial charge < -0.3 is 25.0 Å². The highest BCUT2D eigenvalue weighted by molar-refractivity contribution is 14.0. The van der Waals surface area contributed by atoms with Crippen molar-refractivity contribution in [3.05, 3.63) is 23.8 Å². The second kappa shape index (κ2) is 14.6. The zero-order valence-corrected chi connectivity index (χ0v) is 20.5.